The molecule has 0 aromatic heterocycles. The number of carbonyl (C=O) groups excluding carboxylic acids is 1. The summed E-state index contributed by atoms with van der Waals surface area (Å²) in [6, 6.07) is 3.43. The highest BCUT2D eigenvalue weighted by Gasteiger charge is 2.37. The van der Waals surface area contributed by atoms with Crippen LogP contribution >= 0.6 is 0 Å². The zero-order valence-corrected chi connectivity index (χ0v) is 15.2. The average molecular weight is 352 g/mol. The van der Waals surface area contributed by atoms with E-state index in [1.165, 1.54) is 11.4 Å². The van der Waals surface area contributed by atoms with E-state index < -0.39 is 10.0 Å². The number of nitrogens with zero attached hydrogens (tertiary/aromatic N) is 2. The summed E-state index contributed by atoms with van der Waals surface area (Å²) in [5.41, 5.74) is 1.91. The molecule has 2 aliphatic rings. The number of methoxy groups -OCH3 is 1. The van der Waals surface area contributed by atoms with Gasteiger partial charge in [0.05, 0.1) is 7.11 Å². The van der Waals surface area contributed by atoms with Crippen LogP contribution in [0.15, 0.2) is 17.0 Å². The average Bonchev–Trinajstić information content (AvgIpc) is 3.41. The number of rotatable bonds is 4. The molecule has 0 unspecified atom stereocenters. The lowest BCUT2D eigenvalue weighted by Crippen LogP contribution is -2.50. The summed E-state index contributed by atoms with van der Waals surface area (Å²) in [7, 11) is -2.15. The SMILES string of the molecule is COc1cc(C)c(C)cc1S(=O)(=O)N1CCN(C(=O)C2CC2)CC1. The Bertz CT molecular complexity index is 748. The van der Waals surface area contributed by atoms with Crippen LogP contribution in [0.2, 0.25) is 0 Å². The van der Waals surface area contributed by atoms with Gasteiger partial charge in [0.2, 0.25) is 15.9 Å². The molecule has 1 aromatic rings. The zero-order valence-electron chi connectivity index (χ0n) is 14.4. The van der Waals surface area contributed by atoms with E-state index in [0.717, 1.165) is 24.0 Å². The number of piperazine rings is 1. The van der Waals surface area contributed by atoms with Crippen molar-refractivity contribution in [2.24, 2.45) is 5.92 Å². The molecule has 6 nitrogen and oxygen atoms in total. The van der Waals surface area contributed by atoms with E-state index in [0.29, 0.717) is 31.9 Å². The van der Waals surface area contributed by atoms with Crippen molar-refractivity contribution in [2.75, 3.05) is 33.3 Å². The molecular formula is C17H24N2O4S. The van der Waals surface area contributed by atoms with Crippen molar-refractivity contribution >= 4 is 15.9 Å². The maximum absolute atomic E-state index is 13.0. The van der Waals surface area contributed by atoms with Crippen molar-refractivity contribution in [3.05, 3.63) is 23.3 Å². The molecule has 0 bridgehead atoms. The highest BCUT2D eigenvalue weighted by molar-refractivity contribution is 7.89. The number of benzene rings is 1. The van der Waals surface area contributed by atoms with Crippen LogP contribution in [0, 0.1) is 19.8 Å². The van der Waals surface area contributed by atoms with Crippen LogP contribution in [0.25, 0.3) is 0 Å². The fourth-order valence-corrected chi connectivity index (χ4v) is 4.65. The van der Waals surface area contributed by atoms with Gasteiger partial charge in [0, 0.05) is 32.1 Å². The van der Waals surface area contributed by atoms with Gasteiger partial charge in [0.25, 0.3) is 0 Å². The van der Waals surface area contributed by atoms with E-state index >= 15 is 0 Å². The number of hydrogen-bond donors (Lipinski definition) is 0. The van der Waals surface area contributed by atoms with Gasteiger partial charge in [-0.15, -0.1) is 0 Å². The van der Waals surface area contributed by atoms with E-state index in [1.54, 1.807) is 17.0 Å². The molecule has 24 heavy (non-hydrogen) atoms. The molecule has 1 aromatic carbocycles. The first-order valence-electron chi connectivity index (χ1n) is 8.28. The Balaban J connectivity index is 1.79. The molecule has 132 valence electrons. The predicted molar refractivity (Wildman–Crippen MR) is 90.5 cm³/mol. The third-order valence-electron chi connectivity index (χ3n) is 4.87. The fraction of sp³-hybridized carbons (Fsp3) is 0.588. The van der Waals surface area contributed by atoms with E-state index in [4.69, 9.17) is 4.74 Å². The standard InChI is InChI=1S/C17H24N2O4S/c1-12-10-15(23-3)16(11-13(12)2)24(21,22)19-8-6-18(7-9-19)17(20)14-4-5-14/h10-11,14H,4-9H2,1-3H3. The molecule has 0 spiro atoms. The monoisotopic (exact) mass is 352 g/mol. The first-order valence-corrected chi connectivity index (χ1v) is 9.72. The van der Waals surface area contributed by atoms with Gasteiger partial charge in [-0.1, -0.05) is 0 Å². The molecule has 1 heterocycles. The summed E-state index contributed by atoms with van der Waals surface area (Å²) in [5, 5.41) is 0. The number of sulfonamides is 1. The molecule has 1 saturated carbocycles. The lowest BCUT2D eigenvalue weighted by Gasteiger charge is -2.34. The van der Waals surface area contributed by atoms with Crippen LogP contribution in [0.3, 0.4) is 0 Å². The lowest BCUT2D eigenvalue weighted by atomic mass is 10.1. The van der Waals surface area contributed by atoms with Crippen molar-refractivity contribution in [3.8, 4) is 5.75 Å². The highest BCUT2D eigenvalue weighted by Crippen LogP contribution is 2.33. The van der Waals surface area contributed by atoms with Crippen LogP contribution < -0.4 is 4.74 Å². The molecule has 2 fully saturated rings. The first-order chi connectivity index (χ1) is 11.3. The quantitative estimate of drug-likeness (QED) is 0.825. The van der Waals surface area contributed by atoms with Crippen LogP contribution in [0.1, 0.15) is 24.0 Å². The molecule has 1 aliphatic heterocycles. The Labute approximate surface area is 143 Å². The number of carbonyl (C=O) groups is 1. The van der Waals surface area contributed by atoms with Crippen molar-refractivity contribution in [3.63, 3.8) is 0 Å². The zero-order chi connectivity index (χ0) is 17.5. The second kappa shape index (κ2) is 6.37. The van der Waals surface area contributed by atoms with Crippen molar-refractivity contribution in [2.45, 2.75) is 31.6 Å². The van der Waals surface area contributed by atoms with E-state index in [2.05, 4.69) is 0 Å². The molecule has 1 amide bonds. The normalized spacial score (nSPS) is 19.4. The Morgan fingerprint density at radius 2 is 1.67 bits per heavy atom. The lowest BCUT2D eigenvalue weighted by molar-refractivity contribution is -0.133. The van der Waals surface area contributed by atoms with Crippen LogP contribution in [-0.4, -0.2) is 56.8 Å². The predicted octanol–water partition coefficient (Wildman–Crippen LogP) is 1.55. The highest BCUT2D eigenvalue weighted by atomic mass is 32.2. The minimum absolute atomic E-state index is 0.174. The van der Waals surface area contributed by atoms with Crippen molar-refractivity contribution in [1.82, 2.24) is 9.21 Å². The molecule has 0 atom stereocenters. The second-order valence-corrected chi connectivity index (χ2v) is 8.50. The van der Waals surface area contributed by atoms with Crippen molar-refractivity contribution < 1.29 is 17.9 Å². The van der Waals surface area contributed by atoms with Gasteiger partial charge in [-0.3, -0.25) is 4.79 Å². The summed E-state index contributed by atoms with van der Waals surface area (Å²) in [6.07, 6.45) is 1.94. The van der Waals surface area contributed by atoms with Gasteiger partial charge >= 0.3 is 0 Å². The maximum atomic E-state index is 13.0. The molecule has 1 aliphatic carbocycles. The van der Waals surface area contributed by atoms with Gasteiger partial charge in [0.15, 0.2) is 0 Å². The number of hydrogen-bond acceptors (Lipinski definition) is 4. The molecule has 0 radical (unpaired) electrons. The molecule has 7 heteroatoms. The summed E-state index contributed by atoms with van der Waals surface area (Å²) in [4.78, 5) is 14.1. The fourth-order valence-electron chi connectivity index (χ4n) is 3.00. The minimum atomic E-state index is -3.63. The van der Waals surface area contributed by atoms with Gasteiger partial charge in [-0.05, 0) is 49.9 Å². The van der Waals surface area contributed by atoms with E-state index in [-0.39, 0.29) is 16.7 Å². The van der Waals surface area contributed by atoms with Gasteiger partial charge < -0.3 is 9.64 Å². The van der Waals surface area contributed by atoms with Crippen LogP contribution in [-0.2, 0) is 14.8 Å². The van der Waals surface area contributed by atoms with Crippen LogP contribution in [0.4, 0.5) is 0 Å². The maximum Gasteiger partial charge on any atom is 0.246 e. The van der Waals surface area contributed by atoms with Crippen LogP contribution in [0.5, 0.6) is 5.75 Å². The molecule has 0 N–H and O–H groups in total. The molecule has 3 rings (SSSR count). The molecule has 1 saturated heterocycles. The first kappa shape index (κ1) is 17.2. The topological polar surface area (TPSA) is 66.9 Å². The Hall–Kier alpha value is -1.60. The summed E-state index contributed by atoms with van der Waals surface area (Å²) < 4.78 is 32.7. The number of amides is 1. The third kappa shape index (κ3) is 3.15. The van der Waals surface area contributed by atoms with Gasteiger partial charge in [-0.25, -0.2) is 8.42 Å². The third-order valence-corrected chi connectivity index (χ3v) is 6.79. The minimum Gasteiger partial charge on any atom is -0.495 e. The van der Waals surface area contributed by atoms with Crippen molar-refractivity contribution in [1.29, 1.82) is 0 Å². The smallest absolute Gasteiger partial charge is 0.246 e. The van der Waals surface area contributed by atoms with E-state index in [1.807, 2.05) is 13.8 Å². The van der Waals surface area contributed by atoms with E-state index in [9.17, 15) is 13.2 Å². The second-order valence-electron chi connectivity index (χ2n) is 6.59. The largest absolute Gasteiger partial charge is 0.495 e. The summed E-state index contributed by atoms with van der Waals surface area (Å²) in [6.45, 7) is 5.40. The number of ether oxygens (including phenoxy) is 1. The summed E-state index contributed by atoms with van der Waals surface area (Å²) >= 11 is 0. The Morgan fingerprint density at radius 1 is 1.08 bits per heavy atom. The summed E-state index contributed by atoms with van der Waals surface area (Å²) in [5.74, 6) is 0.721. The molecular weight excluding hydrogens is 328 g/mol. The number of aryl methyl sites for hydroxylation is 2. The van der Waals surface area contributed by atoms with Gasteiger partial charge in [0.1, 0.15) is 10.6 Å². The van der Waals surface area contributed by atoms with Gasteiger partial charge in [-0.2, -0.15) is 4.31 Å². The Morgan fingerprint density at radius 3 is 2.21 bits per heavy atom. The Kier molecular flexibility index (Phi) is 4.57.